The molecule has 2 aromatic heterocycles. The van der Waals surface area contributed by atoms with Gasteiger partial charge in [0.25, 0.3) is 5.56 Å². The van der Waals surface area contributed by atoms with Crippen LogP contribution >= 0.6 is 11.3 Å². The normalized spacial score (nSPS) is 12.4. The van der Waals surface area contributed by atoms with Crippen molar-refractivity contribution >= 4 is 27.5 Å². The van der Waals surface area contributed by atoms with E-state index in [0.29, 0.717) is 28.9 Å². The summed E-state index contributed by atoms with van der Waals surface area (Å²) < 4.78 is 1.37. The quantitative estimate of drug-likeness (QED) is 0.756. The van der Waals surface area contributed by atoms with Crippen molar-refractivity contribution in [1.29, 1.82) is 0 Å². The minimum atomic E-state index is -1.01. The first-order chi connectivity index (χ1) is 11.9. The van der Waals surface area contributed by atoms with Crippen molar-refractivity contribution in [2.75, 3.05) is 0 Å². The summed E-state index contributed by atoms with van der Waals surface area (Å²) in [6.45, 7) is 5.62. The maximum atomic E-state index is 13.1. The lowest BCUT2D eigenvalue weighted by Gasteiger charge is -2.18. The maximum absolute atomic E-state index is 13.1. The van der Waals surface area contributed by atoms with Crippen molar-refractivity contribution in [1.82, 2.24) is 9.55 Å². The Morgan fingerprint density at radius 3 is 2.56 bits per heavy atom. The third-order valence-electron chi connectivity index (χ3n) is 4.50. The Balaban J connectivity index is 2.29. The summed E-state index contributed by atoms with van der Waals surface area (Å²) in [5.41, 5.74) is 1.62. The fourth-order valence-corrected chi connectivity index (χ4v) is 4.08. The summed E-state index contributed by atoms with van der Waals surface area (Å²) in [4.78, 5) is 31.3. The number of nitrogens with zero attached hydrogens (tertiary/aromatic N) is 2. The monoisotopic (exact) mass is 356 g/mol. The Morgan fingerprint density at radius 2 is 1.96 bits per heavy atom. The van der Waals surface area contributed by atoms with Crippen LogP contribution in [0.25, 0.3) is 10.2 Å². The van der Waals surface area contributed by atoms with Crippen LogP contribution in [0.5, 0.6) is 0 Å². The number of hydrogen-bond acceptors (Lipinski definition) is 4. The van der Waals surface area contributed by atoms with E-state index < -0.39 is 12.0 Å². The highest BCUT2D eigenvalue weighted by atomic mass is 32.1. The van der Waals surface area contributed by atoms with Crippen molar-refractivity contribution in [2.45, 2.75) is 39.7 Å². The summed E-state index contributed by atoms with van der Waals surface area (Å²) in [7, 11) is 0. The van der Waals surface area contributed by atoms with E-state index in [-0.39, 0.29) is 5.56 Å². The van der Waals surface area contributed by atoms with Gasteiger partial charge in [-0.1, -0.05) is 37.3 Å². The topological polar surface area (TPSA) is 72.2 Å². The van der Waals surface area contributed by atoms with Gasteiger partial charge in [0.1, 0.15) is 16.7 Å². The molecule has 0 saturated carbocycles. The van der Waals surface area contributed by atoms with Crippen molar-refractivity contribution in [3.63, 3.8) is 0 Å². The first kappa shape index (κ1) is 17.4. The van der Waals surface area contributed by atoms with Crippen LogP contribution < -0.4 is 5.56 Å². The summed E-state index contributed by atoms with van der Waals surface area (Å²) in [5.74, 6) is -0.510. The summed E-state index contributed by atoms with van der Waals surface area (Å²) in [6, 6.07) is 8.75. The van der Waals surface area contributed by atoms with E-state index in [0.717, 1.165) is 16.0 Å². The van der Waals surface area contributed by atoms with Gasteiger partial charge in [-0.05, 0) is 31.4 Å². The Hall–Kier alpha value is -2.47. The Bertz CT molecular complexity index is 989. The van der Waals surface area contributed by atoms with E-state index in [1.54, 1.807) is 6.92 Å². The van der Waals surface area contributed by atoms with Gasteiger partial charge in [-0.3, -0.25) is 9.36 Å². The van der Waals surface area contributed by atoms with Crippen LogP contribution in [0.2, 0.25) is 0 Å². The predicted molar refractivity (Wildman–Crippen MR) is 99.6 cm³/mol. The minimum absolute atomic E-state index is 0.257. The van der Waals surface area contributed by atoms with Crippen LogP contribution in [0, 0.1) is 13.8 Å². The molecule has 5 nitrogen and oxygen atoms in total. The minimum Gasteiger partial charge on any atom is -0.480 e. The second-order valence-electron chi connectivity index (χ2n) is 6.09. The van der Waals surface area contributed by atoms with Crippen LogP contribution in [0.15, 0.2) is 35.1 Å². The molecule has 2 heterocycles. The largest absolute Gasteiger partial charge is 0.480 e. The second-order valence-corrected chi connectivity index (χ2v) is 7.29. The molecule has 0 bridgehead atoms. The lowest BCUT2D eigenvalue weighted by molar-refractivity contribution is -0.141. The number of aromatic nitrogens is 2. The van der Waals surface area contributed by atoms with Gasteiger partial charge in [0.2, 0.25) is 0 Å². The molecule has 0 aliphatic rings. The molecule has 0 aliphatic heterocycles. The maximum Gasteiger partial charge on any atom is 0.326 e. The number of carboxylic acid groups (broad SMARTS) is 1. The van der Waals surface area contributed by atoms with Crippen LogP contribution in [-0.2, 0) is 11.2 Å². The van der Waals surface area contributed by atoms with Crippen molar-refractivity contribution in [2.24, 2.45) is 0 Å². The zero-order valence-corrected chi connectivity index (χ0v) is 15.3. The SMILES string of the molecule is CCC(C(=O)O)n1c(Cc2ccccc2)nc2sc(C)c(C)c2c1=O. The molecule has 0 saturated heterocycles. The zero-order chi connectivity index (χ0) is 18.1. The van der Waals surface area contributed by atoms with Gasteiger partial charge in [-0.15, -0.1) is 11.3 Å². The van der Waals surface area contributed by atoms with Gasteiger partial charge in [-0.2, -0.15) is 0 Å². The highest BCUT2D eigenvalue weighted by Crippen LogP contribution is 2.28. The number of hydrogen-bond donors (Lipinski definition) is 1. The molecule has 25 heavy (non-hydrogen) atoms. The summed E-state index contributed by atoms with van der Waals surface area (Å²) in [5, 5.41) is 10.1. The number of carboxylic acids is 1. The molecule has 0 amide bonds. The Labute approximate surface area is 149 Å². The van der Waals surface area contributed by atoms with Crippen molar-refractivity contribution < 1.29 is 9.90 Å². The fourth-order valence-electron chi connectivity index (χ4n) is 3.04. The number of aryl methyl sites for hydroxylation is 2. The number of rotatable bonds is 5. The molecule has 1 atom stereocenters. The average molecular weight is 356 g/mol. The van der Waals surface area contributed by atoms with Crippen LogP contribution in [0.1, 0.15) is 41.2 Å². The van der Waals surface area contributed by atoms with E-state index in [4.69, 9.17) is 0 Å². The van der Waals surface area contributed by atoms with E-state index >= 15 is 0 Å². The molecule has 3 aromatic rings. The second kappa shape index (κ2) is 6.80. The van der Waals surface area contributed by atoms with Crippen LogP contribution in [-0.4, -0.2) is 20.6 Å². The highest BCUT2D eigenvalue weighted by molar-refractivity contribution is 7.18. The third kappa shape index (κ3) is 3.09. The molecule has 0 aliphatic carbocycles. The van der Waals surface area contributed by atoms with Gasteiger partial charge in [0, 0.05) is 11.3 Å². The highest BCUT2D eigenvalue weighted by Gasteiger charge is 2.25. The first-order valence-electron chi connectivity index (χ1n) is 8.21. The molecule has 6 heteroatoms. The van der Waals surface area contributed by atoms with Crippen molar-refractivity contribution in [3.8, 4) is 0 Å². The number of fused-ring (bicyclic) bond motifs is 1. The number of aliphatic carboxylic acids is 1. The van der Waals surface area contributed by atoms with Gasteiger partial charge < -0.3 is 5.11 Å². The third-order valence-corrected chi connectivity index (χ3v) is 5.60. The zero-order valence-electron chi connectivity index (χ0n) is 14.4. The van der Waals surface area contributed by atoms with Gasteiger partial charge in [-0.25, -0.2) is 9.78 Å². The predicted octanol–water partition coefficient (Wildman–Crippen LogP) is 3.70. The van der Waals surface area contributed by atoms with Gasteiger partial charge >= 0.3 is 5.97 Å². The molecule has 1 N–H and O–H groups in total. The van der Waals surface area contributed by atoms with Gasteiger partial charge in [0.05, 0.1) is 5.39 Å². The number of carbonyl (C=O) groups is 1. The Kier molecular flexibility index (Phi) is 4.72. The lowest BCUT2D eigenvalue weighted by Crippen LogP contribution is -2.33. The average Bonchev–Trinajstić information content (AvgIpc) is 2.86. The smallest absolute Gasteiger partial charge is 0.326 e. The number of benzene rings is 1. The van der Waals surface area contributed by atoms with E-state index in [1.807, 2.05) is 44.2 Å². The summed E-state index contributed by atoms with van der Waals surface area (Å²) >= 11 is 1.48. The molecule has 1 aromatic carbocycles. The lowest BCUT2D eigenvalue weighted by atomic mass is 10.1. The van der Waals surface area contributed by atoms with Crippen LogP contribution in [0.3, 0.4) is 0 Å². The van der Waals surface area contributed by atoms with Crippen molar-refractivity contribution in [3.05, 3.63) is 62.5 Å². The molecule has 0 fully saturated rings. The number of thiophene rings is 1. The molecule has 0 spiro atoms. The molecule has 0 radical (unpaired) electrons. The Morgan fingerprint density at radius 1 is 1.28 bits per heavy atom. The van der Waals surface area contributed by atoms with E-state index in [2.05, 4.69) is 4.98 Å². The molecule has 3 rings (SSSR count). The van der Waals surface area contributed by atoms with Gasteiger partial charge in [0.15, 0.2) is 0 Å². The standard InChI is InChI=1S/C19H20N2O3S/c1-4-14(19(23)24)21-15(10-13-8-6-5-7-9-13)20-17-16(18(21)22)11(2)12(3)25-17/h5-9,14H,4,10H2,1-3H3,(H,23,24). The summed E-state index contributed by atoms with van der Waals surface area (Å²) in [6.07, 6.45) is 0.748. The molecule has 1 unspecified atom stereocenters. The molecular weight excluding hydrogens is 336 g/mol. The first-order valence-corrected chi connectivity index (χ1v) is 9.03. The van der Waals surface area contributed by atoms with Crippen LogP contribution in [0.4, 0.5) is 0 Å². The van der Waals surface area contributed by atoms with E-state index in [9.17, 15) is 14.7 Å². The molecule has 130 valence electrons. The fraction of sp³-hybridized carbons (Fsp3) is 0.316. The molecular formula is C19H20N2O3S. The van der Waals surface area contributed by atoms with E-state index in [1.165, 1.54) is 15.9 Å².